The Bertz CT molecular complexity index is 494. The first-order valence-electron chi connectivity index (χ1n) is 5.26. The van der Waals surface area contributed by atoms with E-state index in [0.717, 1.165) is 17.5 Å². The Morgan fingerprint density at radius 1 is 0.938 bits per heavy atom. The topological polar surface area (TPSA) is 23.8 Å². The molecule has 0 N–H and O–H groups in total. The third kappa shape index (κ3) is 2.49. The molecule has 1 radical (unpaired) electrons. The molecular weight excluding hydrogens is 194 g/mol. The Labute approximate surface area is 96.0 Å². The van der Waals surface area contributed by atoms with Crippen LogP contribution in [0.4, 0.5) is 0 Å². The van der Waals surface area contributed by atoms with Crippen molar-refractivity contribution in [2.75, 3.05) is 0 Å². The predicted octanol–water partition coefficient (Wildman–Crippen LogP) is 3.35. The molecule has 16 heavy (non-hydrogen) atoms. The van der Waals surface area contributed by atoms with E-state index >= 15 is 0 Å². The van der Waals surface area contributed by atoms with E-state index in [9.17, 15) is 0 Å². The van der Waals surface area contributed by atoms with Crippen LogP contribution >= 0.6 is 0 Å². The van der Waals surface area contributed by atoms with E-state index < -0.39 is 0 Å². The molecule has 77 valence electrons. The largest absolute Gasteiger partial charge is 0.192 e. The highest BCUT2D eigenvalue weighted by Gasteiger charge is 2.00. The van der Waals surface area contributed by atoms with Crippen LogP contribution in [0.15, 0.2) is 54.6 Å². The Hall–Kier alpha value is -2.07. The smallest absolute Gasteiger partial charge is 0.0994 e. The van der Waals surface area contributed by atoms with Gasteiger partial charge in [-0.2, -0.15) is 5.26 Å². The van der Waals surface area contributed by atoms with Crippen LogP contribution in [0.5, 0.6) is 0 Å². The van der Waals surface area contributed by atoms with Gasteiger partial charge in [-0.15, -0.1) is 0 Å². The highest BCUT2D eigenvalue weighted by Crippen LogP contribution is 2.12. The third-order valence-corrected chi connectivity index (χ3v) is 2.50. The molecule has 0 bridgehead atoms. The molecule has 0 amide bonds. The fourth-order valence-electron chi connectivity index (χ4n) is 1.62. The SMILES string of the molecule is N#Cc1ccccc1C[CH]c1ccccc1. The van der Waals surface area contributed by atoms with Crippen LogP contribution < -0.4 is 0 Å². The zero-order chi connectivity index (χ0) is 11.2. The van der Waals surface area contributed by atoms with Gasteiger partial charge in [0.2, 0.25) is 0 Å². The van der Waals surface area contributed by atoms with Crippen LogP contribution in [0.3, 0.4) is 0 Å². The highest BCUT2D eigenvalue weighted by atomic mass is 14.2. The zero-order valence-electron chi connectivity index (χ0n) is 8.93. The van der Waals surface area contributed by atoms with Gasteiger partial charge in [0.25, 0.3) is 0 Å². The summed E-state index contributed by atoms with van der Waals surface area (Å²) in [5.74, 6) is 0. The summed E-state index contributed by atoms with van der Waals surface area (Å²) in [5, 5.41) is 8.95. The van der Waals surface area contributed by atoms with Gasteiger partial charge >= 0.3 is 0 Å². The van der Waals surface area contributed by atoms with Gasteiger partial charge in [0.05, 0.1) is 11.6 Å². The molecule has 0 saturated carbocycles. The molecule has 0 aromatic heterocycles. The van der Waals surface area contributed by atoms with Gasteiger partial charge in [0.15, 0.2) is 0 Å². The van der Waals surface area contributed by atoms with Crippen LogP contribution in [-0.2, 0) is 6.42 Å². The van der Waals surface area contributed by atoms with E-state index in [1.54, 1.807) is 0 Å². The molecule has 0 unspecified atom stereocenters. The lowest BCUT2D eigenvalue weighted by atomic mass is 10.0. The van der Waals surface area contributed by atoms with E-state index in [-0.39, 0.29) is 0 Å². The van der Waals surface area contributed by atoms with Crippen LogP contribution in [0.1, 0.15) is 16.7 Å². The number of rotatable bonds is 3. The molecule has 0 saturated heterocycles. The lowest BCUT2D eigenvalue weighted by Gasteiger charge is -2.03. The van der Waals surface area contributed by atoms with Crippen molar-refractivity contribution >= 4 is 0 Å². The molecule has 0 aliphatic heterocycles. The van der Waals surface area contributed by atoms with Gasteiger partial charge in [-0.1, -0.05) is 48.5 Å². The maximum absolute atomic E-state index is 8.95. The minimum atomic E-state index is 0.759. The summed E-state index contributed by atoms with van der Waals surface area (Å²) in [6.45, 7) is 0. The second-order valence-corrected chi connectivity index (χ2v) is 3.59. The summed E-state index contributed by atoms with van der Waals surface area (Å²) in [6, 6.07) is 20.1. The minimum Gasteiger partial charge on any atom is -0.192 e. The molecule has 0 fully saturated rings. The van der Waals surface area contributed by atoms with Gasteiger partial charge < -0.3 is 0 Å². The van der Waals surface area contributed by atoms with Gasteiger partial charge in [-0.25, -0.2) is 0 Å². The molecule has 2 aromatic rings. The quantitative estimate of drug-likeness (QED) is 0.755. The second-order valence-electron chi connectivity index (χ2n) is 3.59. The lowest BCUT2D eigenvalue weighted by Crippen LogP contribution is -1.91. The fraction of sp³-hybridized carbons (Fsp3) is 0.0667. The first-order valence-corrected chi connectivity index (χ1v) is 5.26. The van der Waals surface area contributed by atoms with Crippen molar-refractivity contribution in [1.82, 2.24) is 0 Å². The molecule has 0 aliphatic carbocycles. The molecular formula is C15H12N. The number of nitriles is 1. The molecule has 0 atom stereocenters. The summed E-state index contributed by atoms with van der Waals surface area (Å²) in [7, 11) is 0. The van der Waals surface area contributed by atoms with Crippen LogP contribution in [0.2, 0.25) is 0 Å². The fourth-order valence-corrected chi connectivity index (χ4v) is 1.62. The Kier molecular flexibility index (Phi) is 3.35. The molecule has 2 rings (SSSR count). The van der Waals surface area contributed by atoms with Gasteiger partial charge in [0, 0.05) is 0 Å². The zero-order valence-corrected chi connectivity index (χ0v) is 8.93. The maximum atomic E-state index is 8.95. The number of hydrogen-bond donors (Lipinski definition) is 0. The monoisotopic (exact) mass is 206 g/mol. The van der Waals surface area contributed by atoms with Crippen molar-refractivity contribution in [3.8, 4) is 6.07 Å². The van der Waals surface area contributed by atoms with Gasteiger partial charge in [-0.05, 0) is 30.0 Å². The molecule has 1 heteroatoms. The summed E-state index contributed by atoms with van der Waals surface area (Å²) in [5.41, 5.74) is 3.03. The average Bonchev–Trinajstić information content (AvgIpc) is 2.38. The Morgan fingerprint density at radius 2 is 1.62 bits per heavy atom. The Morgan fingerprint density at radius 3 is 2.38 bits per heavy atom. The third-order valence-electron chi connectivity index (χ3n) is 2.50. The normalized spacial score (nSPS) is 9.69. The Balaban J connectivity index is 2.09. The molecule has 0 spiro atoms. The number of nitrogens with zero attached hydrogens (tertiary/aromatic N) is 1. The molecule has 0 heterocycles. The van der Waals surface area contributed by atoms with Crippen molar-refractivity contribution < 1.29 is 0 Å². The van der Waals surface area contributed by atoms with Crippen LogP contribution in [0, 0.1) is 17.8 Å². The predicted molar refractivity (Wildman–Crippen MR) is 64.7 cm³/mol. The first-order chi connectivity index (χ1) is 7.90. The maximum Gasteiger partial charge on any atom is 0.0994 e. The van der Waals surface area contributed by atoms with Gasteiger partial charge in [0.1, 0.15) is 0 Å². The molecule has 0 aliphatic rings. The molecule has 2 aromatic carbocycles. The summed E-state index contributed by atoms with van der Waals surface area (Å²) < 4.78 is 0. The minimum absolute atomic E-state index is 0.759. The summed E-state index contributed by atoms with van der Waals surface area (Å²) in [4.78, 5) is 0. The van der Waals surface area contributed by atoms with Crippen LogP contribution in [-0.4, -0.2) is 0 Å². The van der Waals surface area contributed by atoms with Crippen LogP contribution in [0.25, 0.3) is 0 Å². The van der Waals surface area contributed by atoms with E-state index in [1.165, 1.54) is 5.56 Å². The first kappa shape index (κ1) is 10.4. The number of benzene rings is 2. The van der Waals surface area contributed by atoms with Crippen molar-refractivity contribution in [2.45, 2.75) is 6.42 Å². The molecule has 1 nitrogen and oxygen atoms in total. The average molecular weight is 206 g/mol. The summed E-state index contributed by atoms with van der Waals surface area (Å²) >= 11 is 0. The van der Waals surface area contributed by atoms with Gasteiger partial charge in [-0.3, -0.25) is 0 Å². The number of hydrogen-bond acceptors (Lipinski definition) is 1. The lowest BCUT2D eigenvalue weighted by molar-refractivity contribution is 1.15. The standard InChI is InChI=1S/C15H12N/c16-12-15-9-5-4-8-14(15)11-10-13-6-2-1-3-7-13/h1-10H,11H2. The van der Waals surface area contributed by atoms with E-state index in [4.69, 9.17) is 5.26 Å². The highest BCUT2D eigenvalue weighted by molar-refractivity contribution is 5.39. The summed E-state index contributed by atoms with van der Waals surface area (Å²) in [6.07, 6.45) is 2.93. The van der Waals surface area contributed by atoms with E-state index in [0.29, 0.717) is 0 Å². The van der Waals surface area contributed by atoms with Crippen molar-refractivity contribution in [2.24, 2.45) is 0 Å². The van der Waals surface area contributed by atoms with E-state index in [1.807, 2.05) is 42.5 Å². The van der Waals surface area contributed by atoms with Crippen molar-refractivity contribution in [3.05, 3.63) is 77.7 Å². The van der Waals surface area contributed by atoms with Crippen molar-refractivity contribution in [3.63, 3.8) is 0 Å². The van der Waals surface area contributed by atoms with Crippen molar-refractivity contribution in [1.29, 1.82) is 5.26 Å². The second kappa shape index (κ2) is 5.14. The van der Waals surface area contributed by atoms with E-state index in [2.05, 4.69) is 24.6 Å².